The summed E-state index contributed by atoms with van der Waals surface area (Å²) in [6.07, 6.45) is 0.939. The van der Waals surface area contributed by atoms with Crippen LogP contribution in [0.25, 0.3) is 55.2 Å². The second-order valence-electron chi connectivity index (χ2n) is 12.5. The van der Waals surface area contributed by atoms with E-state index in [-0.39, 0.29) is 5.41 Å². The van der Waals surface area contributed by atoms with Crippen molar-refractivity contribution >= 4 is 32.8 Å². The van der Waals surface area contributed by atoms with Crippen LogP contribution in [0.15, 0.2) is 69.5 Å². The van der Waals surface area contributed by atoms with E-state index < -0.39 is 0 Å². The molecule has 0 atom stereocenters. The highest BCUT2D eigenvalue weighted by Gasteiger charge is 2.22. The molecule has 39 heavy (non-hydrogen) atoms. The van der Waals surface area contributed by atoms with Crippen molar-refractivity contribution in [3.05, 3.63) is 88.9 Å². The normalized spacial score (nSPS) is 12.4. The van der Waals surface area contributed by atoms with Gasteiger partial charge in [-0.1, -0.05) is 65.0 Å². The van der Waals surface area contributed by atoms with Gasteiger partial charge < -0.3 is 8.83 Å². The van der Waals surface area contributed by atoms with Crippen LogP contribution >= 0.6 is 0 Å². The van der Waals surface area contributed by atoms with Gasteiger partial charge >= 0.3 is 0 Å². The number of aromatic nitrogens is 1. The van der Waals surface area contributed by atoms with Crippen LogP contribution in [-0.2, 0) is 11.8 Å². The molecule has 0 saturated heterocycles. The molecular formula is C36H37NO2. The number of benzene rings is 3. The van der Waals surface area contributed by atoms with Crippen LogP contribution in [0.4, 0.5) is 0 Å². The van der Waals surface area contributed by atoms with Gasteiger partial charge in [-0.15, -0.1) is 0 Å². The van der Waals surface area contributed by atoms with E-state index in [0.29, 0.717) is 5.92 Å². The van der Waals surface area contributed by atoms with Gasteiger partial charge in [-0.05, 0) is 89.9 Å². The van der Waals surface area contributed by atoms with E-state index >= 15 is 0 Å². The predicted octanol–water partition coefficient (Wildman–Crippen LogP) is 10.5. The van der Waals surface area contributed by atoms with Crippen LogP contribution in [0.3, 0.4) is 0 Å². The Morgan fingerprint density at radius 1 is 0.795 bits per heavy atom. The van der Waals surface area contributed by atoms with Gasteiger partial charge in [0.1, 0.15) is 22.6 Å². The van der Waals surface area contributed by atoms with E-state index in [1.165, 1.54) is 21.9 Å². The zero-order valence-electron chi connectivity index (χ0n) is 24.3. The lowest BCUT2D eigenvalue weighted by atomic mass is 9.82. The van der Waals surface area contributed by atoms with Crippen LogP contribution in [0, 0.1) is 26.7 Å². The van der Waals surface area contributed by atoms with Crippen LogP contribution in [0.5, 0.6) is 0 Å². The SMILES string of the molecule is Cc1oc2c(-c3ccc4oc(CC(C)C)c(C)c4c3)cc(-c3cc(C(C)(C)C)c4ccccc4c3)nc2c1C. The maximum absolute atomic E-state index is 6.34. The van der Waals surface area contributed by atoms with E-state index in [1.807, 2.05) is 6.92 Å². The molecule has 0 unspecified atom stereocenters. The largest absolute Gasteiger partial charge is 0.461 e. The smallest absolute Gasteiger partial charge is 0.160 e. The number of furan rings is 2. The summed E-state index contributed by atoms with van der Waals surface area (Å²) in [6.45, 7) is 17.6. The van der Waals surface area contributed by atoms with Gasteiger partial charge in [-0.2, -0.15) is 0 Å². The first-order valence-electron chi connectivity index (χ1n) is 14.0. The molecule has 0 N–H and O–H groups in total. The lowest BCUT2D eigenvalue weighted by Crippen LogP contribution is -2.12. The summed E-state index contributed by atoms with van der Waals surface area (Å²) in [5, 5.41) is 3.69. The molecule has 0 radical (unpaired) electrons. The molecule has 198 valence electrons. The highest BCUT2D eigenvalue weighted by molar-refractivity contribution is 5.99. The van der Waals surface area contributed by atoms with Gasteiger partial charge in [0.05, 0.1) is 5.69 Å². The molecule has 0 fully saturated rings. The molecule has 3 heteroatoms. The molecule has 0 aliphatic heterocycles. The van der Waals surface area contributed by atoms with Crippen LogP contribution in [-0.4, -0.2) is 4.98 Å². The van der Waals surface area contributed by atoms with Crippen LogP contribution in [0.1, 0.15) is 62.8 Å². The molecule has 0 spiro atoms. The third kappa shape index (κ3) is 4.34. The van der Waals surface area contributed by atoms with Crippen LogP contribution < -0.4 is 0 Å². The molecule has 6 rings (SSSR count). The third-order valence-electron chi connectivity index (χ3n) is 8.02. The number of hydrogen-bond acceptors (Lipinski definition) is 3. The minimum atomic E-state index is 0.00221. The molecule has 0 aliphatic carbocycles. The Bertz CT molecular complexity index is 1870. The summed E-state index contributed by atoms with van der Waals surface area (Å²) in [7, 11) is 0. The number of nitrogens with zero attached hydrogens (tertiary/aromatic N) is 1. The molecule has 0 aliphatic rings. The van der Waals surface area contributed by atoms with Crippen molar-refractivity contribution in [2.45, 2.75) is 67.2 Å². The Morgan fingerprint density at radius 3 is 2.31 bits per heavy atom. The molecular weight excluding hydrogens is 478 g/mol. The summed E-state index contributed by atoms with van der Waals surface area (Å²) in [5.41, 5.74) is 10.6. The van der Waals surface area contributed by atoms with E-state index in [2.05, 4.69) is 109 Å². The lowest BCUT2D eigenvalue weighted by molar-refractivity contribution is 0.496. The van der Waals surface area contributed by atoms with Gasteiger partial charge in [0, 0.05) is 28.5 Å². The van der Waals surface area contributed by atoms with E-state index in [9.17, 15) is 0 Å². The van der Waals surface area contributed by atoms with Crippen molar-refractivity contribution in [3.8, 4) is 22.4 Å². The second-order valence-corrected chi connectivity index (χ2v) is 12.5. The number of aryl methyl sites for hydroxylation is 3. The second kappa shape index (κ2) is 9.12. The molecule has 3 heterocycles. The fraction of sp³-hybridized carbons (Fsp3) is 0.306. The zero-order chi connectivity index (χ0) is 27.6. The van der Waals surface area contributed by atoms with E-state index in [0.717, 1.165) is 68.0 Å². The first kappa shape index (κ1) is 25.4. The minimum Gasteiger partial charge on any atom is -0.461 e. The maximum Gasteiger partial charge on any atom is 0.160 e. The van der Waals surface area contributed by atoms with Crippen molar-refractivity contribution in [3.63, 3.8) is 0 Å². The number of rotatable bonds is 4. The number of hydrogen-bond donors (Lipinski definition) is 0. The average Bonchev–Trinajstić information content (AvgIpc) is 3.36. The first-order chi connectivity index (χ1) is 18.5. The van der Waals surface area contributed by atoms with Gasteiger partial charge in [0.15, 0.2) is 5.58 Å². The maximum atomic E-state index is 6.34. The fourth-order valence-corrected chi connectivity index (χ4v) is 5.73. The minimum absolute atomic E-state index is 0.00221. The fourth-order valence-electron chi connectivity index (χ4n) is 5.73. The third-order valence-corrected chi connectivity index (χ3v) is 8.02. The first-order valence-corrected chi connectivity index (χ1v) is 14.0. The molecule has 3 nitrogen and oxygen atoms in total. The average molecular weight is 516 g/mol. The molecule has 0 bridgehead atoms. The standard InChI is InChI=1S/C36H37NO2/c1-20(2)15-33-22(4)28-17-25(13-14-32(28)39-33)29-19-31(37-34-21(3)23(5)38-35(29)34)26-16-24-11-9-10-12-27(24)30(18-26)36(6,7)8/h9-14,16-20H,15H2,1-8H3. The predicted molar refractivity (Wildman–Crippen MR) is 164 cm³/mol. The van der Waals surface area contributed by atoms with Crippen molar-refractivity contribution in [2.75, 3.05) is 0 Å². The highest BCUT2D eigenvalue weighted by atomic mass is 16.3. The van der Waals surface area contributed by atoms with E-state index in [4.69, 9.17) is 13.8 Å². The van der Waals surface area contributed by atoms with Crippen LogP contribution in [0.2, 0.25) is 0 Å². The number of pyridine rings is 1. The summed E-state index contributed by atoms with van der Waals surface area (Å²) < 4.78 is 12.6. The summed E-state index contributed by atoms with van der Waals surface area (Å²) in [6, 6.07) is 22.0. The topological polar surface area (TPSA) is 39.2 Å². The quantitative estimate of drug-likeness (QED) is 0.234. The molecule has 0 saturated carbocycles. The Hall–Kier alpha value is -3.85. The Labute approximate surface area is 230 Å². The Kier molecular flexibility index (Phi) is 5.95. The van der Waals surface area contributed by atoms with Gasteiger partial charge in [0.2, 0.25) is 0 Å². The van der Waals surface area contributed by atoms with Crippen molar-refractivity contribution in [1.82, 2.24) is 4.98 Å². The Morgan fingerprint density at radius 2 is 1.56 bits per heavy atom. The molecule has 6 aromatic rings. The van der Waals surface area contributed by atoms with Crippen molar-refractivity contribution < 1.29 is 8.83 Å². The lowest BCUT2D eigenvalue weighted by Gasteiger charge is -2.23. The molecule has 3 aromatic heterocycles. The summed E-state index contributed by atoms with van der Waals surface area (Å²) in [4.78, 5) is 5.19. The highest BCUT2D eigenvalue weighted by Crippen LogP contribution is 2.40. The Balaban J connectivity index is 1.60. The summed E-state index contributed by atoms with van der Waals surface area (Å²) >= 11 is 0. The van der Waals surface area contributed by atoms with Gasteiger partial charge in [0.25, 0.3) is 0 Å². The molecule has 0 amide bonds. The van der Waals surface area contributed by atoms with E-state index in [1.54, 1.807) is 0 Å². The van der Waals surface area contributed by atoms with Gasteiger partial charge in [-0.25, -0.2) is 4.98 Å². The summed E-state index contributed by atoms with van der Waals surface area (Å²) in [5.74, 6) is 2.53. The van der Waals surface area contributed by atoms with Crippen molar-refractivity contribution in [1.29, 1.82) is 0 Å². The van der Waals surface area contributed by atoms with Gasteiger partial charge in [-0.3, -0.25) is 0 Å². The number of fused-ring (bicyclic) bond motifs is 3. The zero-order valence-corrected chi connectivity index (χ0v) is 24.3. The molecule has 3 aromatic carbocycles. The van der Waals surface area contributed by atoms with Crippen molar-refractivity contribution in [2.24, 2.45) is 5.92 Å². The monoisotopic (exact) mass is 515 g/mol.